The number of benzene rings is 2. The number of Topliss-reactive ketones (excluding diaryl/α,β-unsaturated/α-hetero) is 1. The number of rotatable bonds is 3. The van der Waals surface area contributed by atoms with E-state index in [4.69, 9.17) is 0 Å². The van der Waals surface area contributed by atoms with Crippen LogP contribution in [0.1, 0.15) is 17.5 Å². The van der Waals surface area contributed by atoms with E-state index in [1.54, 1.807) is 0 Å². The maximum atomic E-state index is 13.8. The Balaban J connectivity index is 0.00000231. The van der Waals surface area contributed by atoms with Crippen molar-refractivity contribution in [3.8, 4) is 0 Å². The van der Waals surface area contributed by atoms with Crippen LogP contribution in [-0.2, 0) is 17.8 Å². The Bertz CT molecular complexity index is 1340. The molecule has 2 aromatic heterocycles. The molecule has 4 aromatic rings. The Labute approximate surface area is 184 Å². The second-order valence-electron chi connectivity index (χ2n) is 7.00. The Hall–Kier alpha value is -2.62. The van der Waals surface area contributed by atoms with Gasteiger partial charge in [0.1, 0.15) is 5.82 Å². The molecule has 0 aliphatic carbocycles. The van der Waals surface area contributed by atoms with E-state index in [-0.39, 0.29) is 6.56 Å². The van der Waals surface area contributed by atoms with Crippen LogP contribution >= 0.6 is 27.3 Å². The number of fused-ring (bicyclic) bond motifs is 4. The average molecular weight is 489 g/mol. The third kappa shape index (κ3) is 3.13. The van der Waals surface area contributed by atoms with E-state index in [9.17, 15) is 14.0 Å². The third-order valence-electron chi connectivity index (χ3n) is 5.23. The van der Waals surface area contributed by atoms with E-state index in [0.717, 1.165) is 47.6 Å². The van der Waals surface area contributed by atoms with Crippen molar-refractivity contribution in [2.75, 3.05) is 18.4 Å². The highest BCUT2D eigenvalue weighted by molar-refractivity contribution is 9.10. The monoisotopic (exact) mass is 488 g/mol. The highest BCUT2D eigenvalue weighted by Crippen LogP contribution is 2.34. The van der Waals surface area contributed by atoms with E-state index in [2.05, 4.69) is 36.1 Å². The number of para-hydroxylation sites is 1. The molecule has 0 radical (unpaired) electrons. The molecule has 0 fully saturated rings. The van der Waals surface area contributed by atoms with Crippen LogP contribution in [0.4, 0.5) is 9.52 Å². The van der Waals surface area contributed by atoms with Gasteiger partial charge in [0.15, 0.2) is 5.13 Å². The first kappa shape index (κ1) is 19.3. The van der Waals surface area contributed by atoms with Crippen LogP contribution in [0, 0.1) is 5.82 Å². The smallest absolute Gasteiger partial charge is 0.298 e. The summed E-state index contributed by atoms with van der Waals surface area (Å²) in [5, 5.41) is 6.97. The van der Waals surface area contributed by atoms with Gasteiger partial charge in [-0.15, -0.1) is 0 Å². The topological polar surface area (TPSA) is 76.0 Å². The molecular weight excluding hydrogens is 471 g/mol. The fraction of sp³-hybridized carbons (Fsp3) is 0.190. The SMILES string of the molecule is O=C(Nc1nc2ccc(F)c(Br)c2s1)C(=O)c1c2n(c3ccccc13)CCNCC2.[HH]. The number of ketones is 1. The van der Waals surface area contributed by atoms with Crippen molar-refractivity contribution in [2.45, 2.75) is 13.0 Å². The van der Waals surface area contributed by atoms with Crippen molar-refractivity contribution < 1.29 is 15.4 Å². The van der Waals surface area contributed by atoms with Crippen LogP contribution in [0.3, 0.4) is 0 Å². The number of nitrogens with zero attached hydrogens (tertiary/aromatic N) is 2. The van der Waals surface area contributed by atoms with Crippen molar-refractivity contribution in [1.29, 1.82) is 0 Å². The predicted molar refractivity (Wildman–Crippen MR) is 121 cm³/mol. The summed E-state index contributed by atoms with van der Waals surface area (Å²) in [6, 6.07) is 10.5. The first-order chi connectivity index (χ1) is 14.5. The van der Waals surface area contributed by atoms with Gasteiger partial charge in [0, 0.05) is 44.1 Å². The van der Waals surface area contributed by atoms with Crippen molar-refractivity contribution in [3.05, 3.63) is 57.9 Å². The van der Waals surface area contributed by atoms with Crippen LogP contribution in [0.25, 0.3) is 21.1 Å². The van der Waals surface area contributed by atoms with Crippen molar-refractivity contribution in [1.82, 2.24) is 14.9 Å². The molecule has 2 N–H and O–H groups in total. The van der Waals surface area contributed by atoms with Gasteiger partial charge in [-0.2, -0.15) is 0 Å². The van der Waals surface area contributed by atoms with Gasteiger partial charge in [-0.1, -0.05) is 29.5 Å². The standard InChI is InChI=1S/C21H16BrFN4O2S.H2/c22-17-12(23)5-6-13-19(17)30-21(25-13)26-20(29)18(28)16-11-3-1-2-4-14(11)27-10-9-24-8-7-15(16)27;/h1-6,24H,7-10H2,(H,25,26,29);1H. The molecule has 0 spiro atoms. The van der Waals surface area contributed by atoms with Gasteiger partial charge < -0.3 is 9.88 Å². The van der Waals surface area contributed by atoms with Crippen LogP contribution in [0.15, 0.2) is 40.9 Å². The lowest BCUT2D eigenvalue weighted by Gasteiger charge is -2.06. The highest BCUT2D eigenvalue weighted by atomic mass is 79.9. The number of carbonyl (C=O) groups excluding carboxylic acids is 2. The molecule has 1 amide bonds. The Kier molecular flexibility index (Phi) is 4.88. The van der Waals surface area contributed by atoms with Gasteiger partial charge in [-0.05, 0) is 34.1 Å². The van der Waals surface area contributed by atoms with Crippen LogP contribution in [0.5, 0.6) is 0 Å². The first-order valence-corrected chi connectivity index (χ1v) is 11.1. The van der Waals surface area contributed by atoms with E-state index < -0.39 is 17.5 Å². The molecule has 0 atom stereocenters. The number of anilines is 1. The maximum absolute atomic E-state index is 13.8. The Morgan fingerprint density at radius 3 is 2.93 bits per heavy atom. The predicted octanol–water partition coefficient (Wildman–Crippen LogP) is 4.37. The van der Waals surface area contributed by atoms with E-state index >= 15 is 0 Å². The van der Waals surface area contributed by atoms with Gasteiger partial charge in [0.05, 0.1) is 20.3 Å². The van der Waals surface area contributed by atoms with Gasteiger partial charge >= 0.3 is 0 Å². The van der Waals surface area contributed by atoms with Crippen LogP contribution < -0.4 is 10.6 Å². The van der Waals surface area contributed by atoms with Crippen LogP contribution in [0.2, 0.25) is 0 Å². The number of halogens is 2. The number of aromatic nitrogens is 2. The molecule has 2 aromatic carbocycles. The van der Waals surface area contributed by atoms with E-state index in [1.807, 2.05) is 24.3 Å². The fourth-order valence-electron chi connectivity index (χ4n) is 3.90. The minimum Gasteiger partial charge on any atom is -0.343 e. The summed E-state index contributed by atoms with van der Waals surface area (Å²) in [6.45, 7) is 2.29. The van der Waals surface area contributed by atoms with Crippen molar-refractivity contribution in [2.24, 2.45) is 0 Å². The second kappa shape index (κ2) is 7.57. The molecule has 1 aliphatic rings. The minimum absolute atomic E-state index is 0. The highest BCUT2D eigenvalue weighted by Gasteiger charge is 2.28. The van der Waals surface area contributed by atoms with Gasteiger partial charge in [-0.3, -0.25) is 14.9 Å². The number of thiazole rings is 1. The zero-order valence-electron chi connectivity index (χ0n) is 15.7. The maximum Gasteiger partial charge on any atom is 0.298 e. The summed E-state index contributed by atoms with van der Waals surface area (Å²) in [7, 11) is 0. The molecule has 9 heteroatoms. The summed E-state index contributed by atoms with van der Waals surface area (Å²) in [4.78, 5) is 30.4. The summed E-state index contributed by atoms with van der Waals surface area (Å²) in [6.07, 6.45) is 0.663. The van der Waals surface area contributed by atoms with Gasteiger partial charge in [-0.25, -0.2) is 9.37 Å². The summed E-state index contributed by atoms with van der Waals surface area (Å²) >= 11 is 4.32. The number of amides is 1. The number of hydrogen-bond acceptors (Lipinski definition) is 5. The van der Waals surface area contributed by atoms with Gasteiger partial charge in [0.25, 0.3) is 11.7 Å². The number of hydrogen-bond donors (Lipinski definition) is 2. The third-order valence-corrected chi connectivity index (χ3v) is 7.27. The minimum atomic E-state index is -0.748. The molecule has 0 unspecified atom stereocenters. The molecule has 0 saturated heterocycles. The summed E-state index contributed by atoms with van der Waals surface area (Å²) in [5.74, 6) is -1.75. The zero-order chi connectivity index (χ0) is 20.8. The lowest BCUT2D eigenvalue weighted by atomic mass is 10.0. The fourth-order valence-corrected chi connectivity index (χ4v) is 5.37. The van der Waals surface area contributed by atoms with E-state index in [1.165, 1.54) is 12.1 Å². The average Bonchev–Trinajstić information content (AvgIpc) is 3.19. The molecule has 1 aliphatic heterocycles. The number of carbonyl (C=O) groups is 2. The van der Waals surface area contributed by atoms with Crippen molar-refractivity contribution in [3.63, 3.8) is 0 Å². The summed E-state index contributed by atoms with van der Waals surface area (Å²) in [5.41, 5.74) is 2.81. The molecule has 5 rings (SSSR count). The molecule has 30 heavy (non-hydrogen) atoms. The van der Waals surface area contributed by atoms with Crippen molar-refractivity contribution >= 4 is 65.2 Å². The zero-order valence-corrected chi connectivity index (χ0v) is 18.1. The summed E-state index contributed by atoms with van der Waals surface area (Å²) < 4.78 is 16.7. The first-order valence-electron chi connectivity index (χ1n) is 9.45. The normalized spacial score (nSPS) is 13.9. The Morgan fingerprint density at radius 2 is 2.07 bits per heavy atom. The molecule has 0 bridgehead atoms. The second-order valence-corrected chi connectivity index (χ2v) is 8.79. The lowest BCUT2D eigenvalue weighted by Crippen LogP contribution is -2.24. The molecule has 3 heterocycles. The molecule has 154 valence electrons. The molecule has 0 saturated carbocycles. The molecular formula is C21H18BrFN4O2S. The quantitative estimate of drug-likeness (QED) is 0.331. The lowest BCUT2D eigenvalue weighted by molar-refractivity contribution is -0.112. The van der Waals surface area contributed by atoms with E-state index in [0.29, 0.717) is 26.7 Å². The largest absolute Gasteiger partial charge is 0.343 e. The van der Waals surface area contributed by atoms with Gasteiger partial charge in [0.2, 0.25) is 0 Å². The van der Waals surface area contributed by atoms with Crippen LogP contribution in [-0.4, -0.2) is 34.3 Å². The number of nitrogens with one attached hydrogen (secondary N) is 2. The Morgan fingerprint density at radius 1 is 1.23 bits per heavy atom. The molecule has 6 nitrogen and oxygen atoms in total.